The fourth-order valence-electron chi connectivity index (χ4n) is 1.36. The lowest BCUT2D eigenvalue weighted by atomic mass is 10.3. The number of fused-ring (bicyclic) bond motifs is 1. The molecule has 0 radical (unpaired) electrons. The van der Waals surface area contributed by atoms with Crippen molar-refractivity contribution in [3.8, 4) is 0 Å². The summed E-state index contributed by atoms with van der Waals surface area (Å²) >= 11 is 1.41. The number of anilines is 1. The van der Waals surface area contributed by atoms with Crippen molar-refractivity contribution in [1.82, 2.24) is 0 Å². The first-order chi connectivity index (χ1) is 8.31. The van der Waals surface area contributed by atoms with Crippen LogP contribution in [0.4, 0.5) is 5.69 Å². The zero-order valence-corrected chi connectivity index (χ0v) is 10.3. The van der Waals surface area contributed by atoms with E-state index in [4.69, 9.17) is 9.47 Å². The van der Waals surface area contributed by atoms with Gasteiger partial charge in [0, 0.05) is 18.2 Å². The highest BCUT2D eigenvalue weighted by atomic mass is 32.2. The number of carbonyl (C=O) groups excluding carboxylic acids is 1. The fraction of sp³-hybridized carbons (Fsp3) is 0.250. The van der Waals surface area contributed by atoms with Gasteiger partial charge in [-0.25, -0.2) is 4.79 Å². The molecule has 0 aromatic heterocycles. The van der Waals surface area contributed by atoms with Gasteiger partial charge in [-0.15, -0.1) is 0 Å². The van der Waals surface area contributed by atoms with Crippen LogP contribution in [0, 0.1) is 0 Å². The van der Waals surface area contributed by atoms with Gasteiger partial charge < -0.3 is 14.8 Å². The van der Waals surface area contributed by atoms with Crippen LogP contribution in [0.5, 0.6) is 0 Å². The van der Waals surface area contributed by atoms with Gasteiger partial charge in [0.1, 0.15) is 11.5 Å². The molecule has 1 aromatic carbocycles. The lowest BCUT2D eigenvalue weighted by Gasteiger charge is -2.16. The number of nitrogens with one attached hydrogen (secondary N) is 1. The summed E-state index contributed by atoms with van der Waals surface area (Å²) in [4.78, 5) is 13.3. The maximum absolute atomic E-state index is 11.7. The van der Waals surface area contributed by atoms with Crippen molar-refractivity contribution in [2.24, 2.45) is 0 Å². The molecule has 0 aliphatic carbocycles. The number of carbonyl (C=O) groups is 1. The molecule has 17 heavy (non-hydrogen) atoms. The number of esters is 1. The molecule has 0 saturated heterocycles. The third-order valence-corrected chi connectivity index (χ3v) is 3.27. The van der Waals surface area contributed by atoms with Crippen LogP contribution in [0.15, 0.2) is 40.3 Å². The number of thioether (sulfide) groups is 1. The quantitative estimate of drug-likeness (QED) is 0.657. The Labute approximate surface area is 104 Å². The molecule has 0 fully saturated rings. The Hall–Kier alpha value is -1.46. The molecule has 4 nitrogen and oxygen atoms in total. The number of hydrogen-bond donors (Lipinski definition) is 1. The molecular formula is C12H13NO3S. The van der Waals surface area contributed by atoms with E-state index in [0.717, 1.165) is 10.6 Å². The van der Waals surface area contributed by atoms with E-state index < -0.39 is 0 Å². The molecule has 2 rings (SSSR count). The Morgan fingerprint density at radius 1 is 1.35 bits per heavy atom. The van der Waals surface area contributed by atoms with Crippen LogP contribution in [0.25, 0.3) is 0 Å². The standard InChI is InChI=1S/C12H13NO3S/c1-15-6-7-16-12(14)11-8-13-9-4-2-3-5-10(9)17-11/h2-5,8,13H,6-7H2,1H3. The van der Waals surface area contributed by atoms with Crippen molar-refractivity contribution in [3.63, 3.8) is 0 Å². The summed E-state index contributed by atoms with van der Waals surface area (Å²) in [6.07, 6.45) is 1.67. The van der Waals surface area contributed by atoms with Gasteiger partial charge in [-0.3, -0.25) is 0 Å². The lowest BCUT2D eigenvalue weighted by Crippen LogP contribution is -2.13. The first-order valence-corrected chi connectivity index (χ1v) is 6.02. The number of methoxy groups -OCH3 is 1. The minimum Gasteiger partial charge on any atom is -0.459 e. The third kappa shape index (κ3) is 3.01. The molecule has 1 aromatic rings. The Bertz CT molecular complexity index is 445. The molecule has 0 atom stereocenters. The molecule has 0 bridgehead atoms. The van der Waals surface area contributed by atoms with Gasteiger partial charge in [0.25, 0.3) is 0 Å². The van der Waals surface area contributed by atoms with Crippen LogP contribution >= 0.6 is 11.8 Å². The monoisotopic (exact) mass is 251 g/mol. The molecule has 0 unspecified atom stereocenters. The average molecular weight is 251 g/mol. The van der Waals surface area contributed by atoms with E-state index in [1.807, 2.05) is 24.3 Å². The maximum atomic E-state index is 11.7. The summed E-state index contributed by atoms with van der Waals surface area (Å²) in [6, 6.07) is 7.81. The summed E-state index contributed by atoms with van der Waals surface area (Å²) in [5, 5.41) is 3.07. The fourth-order valence-corrected chi connectivity index (χ4v) is 2.24. The topological polar surface area (TPSA) is 47.6 Å². The Morgan fingerprint density at radius 3 is 3.00 bits per heavy atom. The van der Waals surface area contributed by atoms with Gasteiger partial charge >= 0.3 is 5.97 Å². The predicted octanol–water partition coefficient (Wildman–Crippen LogP) is 2.24. The first kappa shape index (κ1) is 12.0. The Kier molecular flexibility index (Phi) is 4.06. The molecule has 1 aliphatic heterocycles. The summed E-state index contributed by atoms with van der Waals surface area (Å²) in [7, 11) is 1.57. The molecule has 5 heteroatoms. The molecule has 1 aliphatic rings. The number of benzene rings is 1. The molecule has 1 N–H and O–H groups in total. The van der Waals surface area contributed by atoms with Crippen molar-refractivity contribution in [1.29, 1.82) is 0 Å². The number of ether oxygens (including phenoxy) is 2. The van der Waals surface area contributed by atoms with Gasteiger partial charge in [0.05, 0.1) is 12.3 Å². The summed E-state index contributed by atoms with van der Waals surface area (Å²) in [5.41, 5.74) is 1.01. The molecule has 0 saturated carbocycles. The SMILES string of the molecule is COCCOC(=O)C1=CNc2ccccc2S1. The van der Waals surface area contributed by atoms with Crippen LogP contribution in [0.3, 0.4) is 0 Å². The van der Waals surface area contributed by atoms with Gasteiger partial charge in [-0.1, -0.05) is 23.9 Å². The molecule has 90 valence electrons. The number of hydrogen-bond acceptors (Lipinski definition) is 5. The summed E-state index contributed by atoms with van der Waals surface area (Å²) in [5.74, 6) is -0.325. The minimum absolute atomic E-state index is 0.273. The summed E-state index contributed by atoms with van der Waals surface area (Å²) < 4.78 is 9.86. The van der Waals surface area contributed by atoms with Crippen molar-refractivity contribution >= 4 is 23.4 Å². The van der Waals surface area contributed by atoms with Crippen LogP contribution in [0.1, 0.15) is 0 Å². The van der Waals surface area contributed by atoms with Gasteiger partial charge in [0.2, 0.25) is 0 Å². The van der Waals surface area contributed by atoms with Gasteiger partial charge in [-0.2, -0.15) is 0 Å². The van der Waals surface area contributed by atoms with Crippen molar-refractivity contribution in [2.45, 2.75) is 4.90 Å². The van der Waals surface area contributed by atoms with Crippen LogP contribution in [0.2, 0.25) is 0 Å². The first-order valence-electron chi connectivity index (χ1n) is 5.21. The normalized spacial score (nSPS) is 13.4. The van der Waals surface area contributed by atoms with Crippen molar-refractivity contribution < 1.29 is 14.3 Å². The van der Waals surface area contributed by atoms with E-state index in [1.54, 1.807) is 13.3 Å². The predicted molar refractivity (Wildman–Crippen MR) is 66.8 cm³/mol. The Balaban J connectivity index is 1.96. The third-order valence-electron chi connectivity index (χ3n) is 2.19. The smallest absolute Gasteiger partial charge is 0.346 e. The second-order valence-electron chi connectivity index (χ2n) is 3.38. The summed E-state index contributed by atoms with van der Waals surface area (Å²) in [6.45, 7) is 0.683. The van der Waals surface area contributed by atoms with E-state index in [-0.39, 0.29) is 12.6 Å². The maximum Gasteiger partial charge on any atom is 0.346 e. The van der Waals surface area contributed by atoms with E-state index in [2.05, 4.69) is 5.32 Å². The zero-order valence-electron chi connectivity index (χ0n) is 9.43. The zero-order chi connectivity index (χ0) is 12.1. The van der Waals surface area contributed by atoms with Crippen LogP contribution < -0.4 is 5.32 Å². The van der Waals surface area contributed by atoms with E-state index >= 15 is 0 Å². The van der Waals surface area contributed by atoms with Crippen molar-refractivity contribution in [3.05, 3.63) is 35.4 Å². The van der Waals surface area contributed by atoms with E-state index in [9.17, 15) is 4.79 Å². The minimum atomic E-state index is -0.325. The highest BCUT2D eigenvalue weighted by molar-refractivity contribution is 8.04. The number of rotatable bonds is 4. The largest absolute Gasteiger partial charge is 0.459 e. The highest BCUT2D eigenvalue weighted by Gasteiger charge is 2.18. The molecule has 0 spiro atoms. The molecule has 0 amide bonds. The highest BCUT2D eigenvalue weighted by Crippen LogP contribution is 2.36. The van der Waals surface area contributed by atoms with Gasteiger partial charge in [0.15, 0.2) is 0 Å². The van der Waals surface area contributed by atoms with E-state index in [0.29, 0.717) is 11.5 Å². The van der Waals surface area contributed by atoms with Crippen LogP contribution in [-0.4, -0.2) is 26.3 Å². The second kappa shape index (κ2) is 5.75. The van der Waals surface area contributed by atoms with Crippen LogP contribution in [-0.2, 0) is 14.3 Å². The Morgan fingerprint density at radius 2 is 2.18 bits per heavy atom. The van der Waals surface area contributed by atoms with Crippen molar-refractivity contribution in [2.75, 3.05) is 25.6 Å². The average Bonchev–Trinajstić information content (AvgIpc) is 2.38. The lowest BCUT2D eigenvalue weighted by molar-refractivity contribution is -0.139. The second-order valence-corrected chi connectivity index (χ2v) is 4.46. The van der Waals surface area contributed by atoms with E-state index in [1.165, 1.54) is 11.8 Å². The molecule has 1 heterocycles. The van der Waals surface area contributed by atoms with Gasteiger partial charge in [-0.05, 0) is 12.1 Å². The number of para-hydroxylation sites is 1. The molecular weight excluding hydrogens is 238 g/mol.